The van der Waals surface area contributed by atoms with Crippen molar-refractivity contribution < 1.29 is 4.79 Å². The summed E-state index contributed by atoms with van der Waals surface area (Å²) in [5.41, 5.74) is 7.56. The molecule has 0 unspecified atom stereocenters. The van der Waals surface area contributed by atoms with E-state index in [1.807, 2.05) is 50.2 Å². The number of primary amides is 1. The molecule has 2 aromatic carbocycles. The third-order valence-corrected chi connectivity index (χ3v) is 6.74. The number of fused-ring (bicyclic) bond motifs is 1. The normalized spacial score (nSPS) is 16.1. The standard InChI is InChI=1S/C25H30Cl2N6O/c1-16(2)23(24(28)34)31-25-19-5-3-4-6-21(19)29-22(30-25)15-33-11-9-32(10-12-33)14-17-7-8-18(26)13-20(17)27/h3-8,13,16,23H,9-12,14-15H2,1-2H3,(H2,28,34)(H,29,30,31)/t23-/m0/s1. The number of nitrogens with zero attached hydrogens (tertiary/aromatic N) is 4. The van der Waals surface area contributed by atoms with Gasteiger partial charge in [0.05, 0.1) is 12.1 Å². The van der Waals surface area contributed by atoms with Gasteiger partial charge in [-0.3, -0.25) is 14.6 Å². The van der Waals surface area contributed by atoms with E-state index in [9.17, 15) is 4.79 Å². The van der Waals surface area contributed by atoms with Gasteiger partial charge in [-0.05, 0) is 35.7 Å². The Kier molecular flexibility index (Phi) is 7.88. The molecule has 1 amide bonds. The minimum atomic E-state index is -0.505. The first-order valence-electron chi connectivity index (χ1n) is 11.5. The lowest BCUT2D eigenvalue weighted by molar-refractivity contribution is -0.119. The average Bonchev–Trinajstić information content (AvgIpc) is 2.80. The van der Waals surface area contributed by atoms with Crippen molar-refractivity contribution in [2.24, 2.45) is 11.7 Å². The number of piperazine rings is 1. The lowest BCUT2D eigenvalue weighted by Crippen LogP contribution is -2.45. The van der Waals surface area contributed by atoms with Gasteiger partial charge in [0.1, 0.15) is 17.7 Å². The van der Waals surface area contributed by atoms with Crippen LogP contribution in [0, 0.1) is 5.92 Å². The lowest BCUT2D eigenvalue weighted by Gasteiger charge is -2.34. The van der Waals surface area contributed by atoms with Crippen LogP contribution in [0.3, 0.4) is 0 Å². The first kappa shape index (κ1) is 24.7. The molecule has 0 aliphatic carbocycles. The second-order valence-corrected chi connectivity index (χ2v) is 9.91. The Morgan fingerprint density at radius 1 is 1.03 bits per heavy atom. The summed E-state index contributed by atoms with van der Waals surface area (Å²) in [6, 6.07) is 13.0. The SMILES string of the molecule is CC(C)[C@H](Nc1nc(CN2CCN(Cc3ccc(Cl)cc3Cl)CC2)nc2ccccc12)C(N)=O. The number of amides is 1. The molecule has 180 valence electrons. The Hall–Kier alpha value is -2.45. The van der Waals surface area contributed by atoms with Crippen molar-refractivity contribution in [3.63, 3.8) is 0 Å². The predicted molar refractivity (Wildman–Crippen MR) is 138 cm³/mol. The smallest absolute Gasteiger partial charge is 0.240 e. The molecule has 1 aromatic heterocycles. The molecular formula is C25H30Cl2N6O. The van der Waals surface area contributed by atoms with Gasteiger partial charge in [0, 0.05) is 48.2 Å². The highest BCUT2D eigenvalue weighted by Gasteiger charge is 2.23. The third kappa shape index (κ3) is 5.96. The molecule has 4 rings (SSSR count). The molecule has 1 saturated heterocycles. The van der Waals surface area contributed by atoms with Gasteiger partial charge < -0.3 is 11.1 Å². The Balaban J connectivity index is 1.45. The zero-order valence-corrected chi connectivity index (χ0v) is 21.0. The summed E-state index contributed by atoms with van der Waals surface area (Å²) in [4.78, 5) is 26.3. The van der Waals surface area contributed by atoms with E-state index in [0.717, 1.165) is 55.0 Å². The molecule has 1 atom stereocenters. The Morgan fingerprint density at radius 3 is 2.35 bits per heavy atom. The maximum atomic E-state index is 12.0. The second kappa shape index (κ2) is 10.9. The van der Waals surface area contributed by atoms with Gasteiger partial charge in [-0.25, -0.2) is 9.97 Å². The molecule has 1 fully saturated rings. The van der Waals surface area contributed by atoms with E-state index in [1.54, 1.807) is 6.07 Å². The highest BCUT2D eigenvalue weighted by molar-refractivity contribution is 6.35. The molecule has 34 heavy (non-hydrogen) atoms. The average molecular weight is 501 g/mol. The number of aromatic nitrogens is 2. The molecule has 9 heteroatoms. The van der Waals surface area contributed by atoms with Gasteiger partial charge in [-0.2, -0.15) is 0 Å². The number of benzene rings is 2. The van der Waals surface area contributed by atoms with Gasteiger partial charge in [-0.15, -0.1) is 0 Å². The fourth-order valence-corrected chi connectivity index (χ4v) is 4.68. The number of anilines is 1. The molecule has 3 N–H and O–H groups in total. The fourth-order valence-electron chi connectivity index (χ4n) is 4.22. The van der Waals surface area contributed by atoms with Crippen LogP contribution in [0.2, 0.25) is 10.0 Å². The van der Waals surface area contributed by atoms with Crippen LogP contribution in [0.4, 0.5) is 5.82 Å². The Labute approximate surface area is 210 Å². The number of carbonyl (C=O) groups excluding carboxylic acids is 1. The van der Waals surface area contributed by atoms with E-state index >= 15 is 0 Å². The number of carbonyl (C=O) groups is 1. The summed E-state index contributed by atoms with van der Waals surface area (Å²) in [7, 11) is 0. The van der Waals surface area contributed by atoms with Crippen LogP contribution in [-0.2, 0) is 17.9 Å². The maximum Gasteiger partial charge on any atom is 0.240 e. The molecule has 0 spiro atoms. The number of hydrogen-bond acceptors (Lipinski definition) is 6. The Bertz CT molecular complexity index is 1160. The van der Waals surface area contributed by atoms with Crippen LogP contribution < -0.4 is 11.1 Å². The van der Waals surface area contributed by atoms with E-state index in [-0.39, 0.29) is 5.92 Å². The van der Waals surface area contributed by atoms with E-state index in [0.29, 0.717) is 22.4 Å². The van der Waals surface area contributed by atoms with Crippen molar-refractivity contribution >= 4 is 45.8 Å². The molecule has 7 nitrogen and oxygen atoms in total. The molecule has 3 aromatic rings. The number of nitrogens with one attached hydrogen (secondary N) is 1. The largest absolute Gasteiger partial charge is 0.368 e. The van der Waals surface area contributed by atoms with Crippen LogP contribution in [0.25, 0.3) is 10.9 Å². The van der Waals surface area contributed by atoms with Crippen LogP contribution >= 0.6 is 23.2 Å². The van der Waals surface area contributed by atoms with Gasteiger partial charge in [-0.1, -0.05) is 55.2 Å². The van der Waals surface area contributed by atoms with Crippen LogP contribution in [0.5, 0.6) is 0 Å². The highest BCUT2D eigenvalue weighted by atomic mass is 35.5. The molecule has 1 aliphatic heterocycles. The van der Waals surface area contributed by atoms with E-state index in [2.05, 4.69) is 15.1 Å². The van der Waals surface area contributed by atoms with E-state index in [4.69, 9.17) is 38.9 Å². The van der Waals surface area contributed by atoms with Gasteiger partial charge in [0.15, 0.2) is 0 Å². The van der Waals surface area contributed by atoms with Crippen molar-refractivity contribution in [2.45, 2.75) is 33.0 Å². The quantitative estimate of drug-likeness (QED) is 0.482. The molecule has 2 heterocycles. The van der Waals surface area contributed by atoms with Gasteiger partial charge in [0.2, 0.25) is 5.91 Å². The first-order valence-corrected chi connectivity index (χ1v) is 12.3. The summed E-state index contributed by atoms with van der Waals surface area (Å²) < 4.78 is 0. The summed E-state index contributed by atoms with van der Waals surface area (Å²) in [5, 5.41) is 5.50. The molecule has 1 aliphatic rings. The fraction of sp³-hybridized carbons (Fsp3) is 0.400. The number of hydrogen-bond donors (Lipinski definition) is 2. The van der Waals surface area contributed by atoms with E-state index < -0.39 is 11.9 Å². The monoisotopic (exact) mass is 500 g/mol. The van der Waals surface area contributed by atoms with Crippen molar-refractivity contribution in [1.82, 2.24) is 19.8 Å². The van der Waals surface area contributed by atoms with Crippen molar-refractivity contribution in [3.05, 3.63) is 63.9 Å². The number of para-hydroxylation sites is 1. The minimum absolute atomic E-state index is 0.0388. The maximum absolute atomic E-state index is 12.0. The van der Waals surface area contributed by atoms with Crippen LogP contribution in [-0.4, -0.2) is 57.9 Å². The lowest BCUT2D eigenvalue weighted by atomic mass is 10.0. The summed E-state index contributed by atoms with van der Waals surface area (Å²) in [6.07, 6.45) is 0. The zero-order valence-electron chi connectivity index (χ0n) is 19.5. The zero-order chi connectivity index (χ0) is 24.2. The predicted octanol–water partition coefficient (Wildman–Crippen LogP) is 4.18. The summed E-state index contributed by atoms with van der Waals surface area (Å²) in [6.45, 7) is 9.02. The van der Waals surface area contributed by atoms with Crippen molar-refractivity contribution in [3.8, 4) is 0 Å². The summed E-state index contributed by atoms with van der Waals surface area (Å²) in [5.74, 6) is 1.02. The van der Waals surface area contributed by atoms with E-state index in [1.165, 1.54) is 0 Å². The number of nitrogens with two attached hydrogens (primary N) is 1. The van der Waals surface area contributed by atoms with Crippen LogP contribution in [0.1, 0.15) is 25.2 Å². The second-order valence-electron chi connectivity index (χ2n) is 9.06. The minimum Gasteiger partial charge on any atom is -0.368 e. The summed E-state index contributed by atoms with van der Waals surface area (Å²) >= 11 is 12.4. The third-order valence-electron chi connectivity index (χ3n) is 6.15. The molecule has 0 bridgehead atoms. The molecular weight excluding hydrogens is 471 g/mol. The number of rotatable bonds is 8. The van der Waals surface area contributed by atoms with Crippen molar-refractivity contribution in [1.29, 1.82) is 0 Å². The first-order chi connectivity index (χ1) is 16.3. The molecule has 0 radical (unpaired) electrons. The topological polar surface area (TPSA) is 87.4 Å². The van der Waals surface area contributed by atoms with Gasteiger partial charge >= 0.3 is 0 Å². The van der Waals surface area contributed by atoms with Crippen LogP contribution in [0.15, 0.2) is 42.5 Å². The molecule has 0 saturated carbocycles. The number of halogens is 2. The van der Waals surface area contributed by atoms with Gasteiger partial charge in [0.25, 0.3) is 0 Å². The Morgan fingerprint density at radius 2 is 1.71 bits per heavy atom. The highest BCUT2D eigenvalue weighted by Crippen LogP contribution is 2.24. The van der Waals surface area contributed by atoms with Crippen molar-refractivity contribution in [2.75, 3.05) is 31.5 Å².